The van der Waals surface area contributed by atoms with Gasteiger partial charge in [0.1, 0.15) is 0 Å². The molecule has 1 fully saturated rings. The molecule has 0 aliphatic carbocycles. The molecule has 0 spiro atoms. The van der Waals surface area contributed by atoms with E-state index in [1.165, 1.54) is 0 Å². The number of likely N-dealkylation sites (tertiary alicyclic amines) is 1. The van der Waals surface area contributed by atoms with Crippen LogP contribution in [0.15, 0.2) is 12.3 Å². The van der Waals surface area contributed by atoms with E-state index < -0.39 is 0 Å². The smallest absolute Gasteiger partial charge is 0.230 e. The fourth-order valence-corrected chi connectivity index (χ4v) is 2.19. The lowest BCUT2D eigenvalue weighted by atomic mass is 9.97. The highest BCUT2D eigenvalue weighted by atomic mass is 16.2. The van der Waals surface area contributed by atoms with Crippen LogP contribution in [0.4, 0.5) is 5.82 Å². The van der Waals surface area contributed by atoms with E-state index in [1.54, 1.807) is 35.8 Å². The molecule has 1 N–H and O–H groups in total. The number of piperidine rings is 1. The standard InChI is InChI=1S/C12H18N4O2/c1-9(17)16-6-3-4-10(8-16)12(18)13-11-5-7-15(2)14-11/h5,7,10H,3-4,6,8H2,1-2H3,(H,13,14,18)/t10-/m0/s1. The number of carbonyl (C=O) groups excluding carboxylic acids is 2. The van der Waals surface area contributed by atoms with Gasteiger partial charge in [-0.25, -0.2) is 0 Å². The van der Waals surface area contributed by atoms with Crippen molar-refractivity contribution in [3.8, 4) is 0 Å². The first-order chi connectivity index (χ1) is 8.56. The molecule has 2 rings (SSSR count). The van der Waals surface area contributed by atoms with Crippen molar-refractivity contribution in [3.63, 3.8) is 0 Å². The van der Waals surface area contributed by atoms with Crippen molar-refractivity contribution in [1.82, 2.24) is 14.7 Å². The summed E-state index contributed by atoms with van der Waals surface area (Å²) in [5.41, 5.74) is 0. The number of hydrogen-bond donors (Lipinski definition) is 1. The van der Waals surface area contributed by atoms with Gasteiger partial charge in [0.25, 0.3) is 0 Å². The van der Waals surface area contributed by atoms with Gasteiger partial charge in [-0.1, -0.05) is 0 Å². The summed E-state index contributed by atoms with van der Waals surface area (Å²) in [6, 6.07) is 1.75. The van der Waals surface area contributed by atoms with Crippen LogP contribution in [0.25, 0.3) is 0 Å². The lowest BCUT2D eigenvalue weighted by molar-refractivity contribution is -0.132. The first kappa shape index (κ1) is 12.6. The van der Waals surface area contributed by atoms with E-state index in [-0.39, 0.29) is 17.7 Å². The van der Waals surface area contributed by atoms with Gasteiger partial charge in [-0.05, 0) is 12.8 Å². The zero-order valence-electron chi connectivity index (χ0n) is 10.7. The number of rotatable bonds is 2. The number of hydrogen-bond acceptors (Lipinski definition) is 3. The first-order valence-electron chi connectivity index (χ1n) is 6.12. The molecule has 1 aromatic rings. The summed E-state index contributed by atoms with van der Waals surface area (Å²) in [4.78, 5) is 25.1. The third kappa shape index (κ3) is 2.88. The number of amides is 2. The van der Waals surface area contributed by atoms with E-state index in [1.807, 2.05) is 0 Å². The molecule has 1 aromatic heterocycles. The molecule has 0 unspecified atom stereocenters. The van der Waals surface area contributed by atoms with Crippen LogP contribution in [0.1, 0.15) is 19.8 Å². The Hall–Kier alpha value is -1.85. The Morgan fingerprint density at radius 2 is 2.28 bits per heavy atom. The molecule has 0 saturated carbocycles. The van der Waals surface area contributed by atoms with Gasteiger partial charge in [0.05, 0.1) is 5.92 Å². The van der Waals surface area contributed by atoms with Crippen molar-refractivity contribution in [1.29, 1.82) is 0 Å². The Morgan fingerprint density at radius 3 is 2.89 bits per heavy atom. The number of aryl methyl sites for hydroxylation is 1. The van der Waals surface area contributed by atoms with Crippen LogP contribution in [0.3, 0.4) is 0 Å². The third-order valence-corrected chi connectivity index (χ3v) is 3.20. The monoisotopic (exact) mass is 250 g/mol. The fourth-order valence-electron chi connectivity index (χ4n) is 2.19. The van der Waals surface area contributed by atoms with E-state index in [0.717, 1.165) is 19.4 Å². The summed E-state index contributed by atoms with van der Waals surface area (Å²) < 4.78 is 1.64. The second kappa shape index (κ2) is 5.20. The van der Waals surface area contributed by atoms with Gasteiger partial charge in [-0.2, -0.15) is 5.10 Å². The van der Waals surface area contributed by atoms with Crippen LogP contribution in [0.5, 0.6) is 0 Å². The second-order valence-corrected chi connectivity index (χ2v) is 4.67. The molecule has 0 aromatic carbocycles. The molecule has 6 nitrogen and oxygen atoms in total. The number of nitrogens with one attached hydrogen (secondary N) is 1. The molecular weight excluding hydrogens is 232 g/mol. The highest BCUT2D eigenvalue weighted by molar-refractivity contribution is 5.92. The van der Waals surface area contributed by atoms with Crippen molar-refractivity contribution in [2.45, 2.75) is 19.8 Å². The topological polar surface area (TPSA) is 67.2 Å². The average Bonchev–Trinajstić information content (AvgIpc) is 2.75. The SMILES string of the molecule is CC(=O)N1CCC[C@H](C(=O)Nc2ccn(C)n2)C1. The minimum absolute atomic E-state index is 0.0327. The molecule has 1 atom stereocenters. The second-order valence-electron chi connectivity index (χ2n) is 4.67. The molecule has 2 heterocycles. The summed E-state index contributed by atoms with van der Waals surface area (Å²) >= 11 is 0. The van der Waals surface area contributed by atoms with Crippen LogP contribution in [0.2, 0.25) is 0 Å². The van der Waals surface area contributed by atoms with Crippen LogP contribution in [0, 0.1) is 5.92 Å². The van der Waals surface area contributed by atoms with Crippen molar-refractivity contribution >= 4 is 17.6 Å². The molecule has 1 aliphatic rings. The minimum Gasteiger partial charge on any atom is -0.342 e. The van der Waals surface area contributed by atoms with E-state index >= 15 is 0 Å². The van der Waals surface area contributed by atoms with Crippen molar-refractivity contribution in [3.05, 3.63) is 12.3 Å². The summed E-state index contributed by atoms with van der Waals surface area (Å²) in [6.45, 7) is 2.80. The Morgan fingerprint density at radius 1 is 1.50 bits per heavy atom. The summed E-state index contributed by atoms with van der Waals surface area (Å²) in [5, 5.41) is 6.89. The third-order valence-electron chi connectivity index (χ3n) is 3.20. The minimum atomic E-state index is -0.135. The van der Waals surface area contributed by atoms with Crippen LogP contribution < -0.4 is 5.32 Å². The molecule has 98 valence electrons. The van der Waals surface area contributed by atoms with E-state index in [9.17, 15) is 9.59 Å². The molecular formula is C12H18N4O2. The highest BCUT2D eigenvalue weighted by Crippen LogP contribution is 2.18. The lowest BCUT2D eigenvalue weighted by Crippen LogP contribution is -2.42. The number of anilines is 1. The largest absolute Gasteiger partial charge is 0.342 e. The van der Waals surface area contributed by atoms with Gasteiger partial charge < -0.3 is 10.2 Å². The normalized spacial score (nSPS) is 19.7. The van der Waals surface area contributed by atoms with Crippen LogP contribution in [-0.4, -0.2) is 39.6 Å². The number of carbonyl (C=O) groups is 2. The molecule has 6 heteroatoms. The average molecular weight is 250 g/mol. The molecule has 1 saturated heterocycles. The molecule has 18 heavy (non-hydrogen) atoms. The van der Waals surface area contributed by atoms with E-state index in [2.05, 4.69) is 10.4 Å². The Kier molecular flexibility index (Phi) is 3.64. The summed E-state index contributed by atoms with van der Waals surface area (Å²) in [5.74, 6) is 0.400. The zero-order valence-corrected chi connectivity index (χ0v) is 10.7. The summed E-state index contributed by atoms with van der Waals surface area (Å²) in [6.07, 6.45) is 3.47. The number of nitrogens with zero attached hydrogens (tertiary/aromatic N) is 3. The van der Waals surface area contributed by atoms with Crippen molar-refractivity contribution < 1.29 is 9.59 Å². The predicted molar refractivity (Wildman–Crippen MR) is 66.8 cm³/mol. The van der Waals surface area contributed by atoms with E-state index in [4.69, 9.17) is 0 Å². The van der Waals surface area contributed by atoms with Gasteiger partial charge in [-0.3, -0.25) is 14.3 Å². The maximum Gasteiger partial charge on any atom is 0.230 e. The van der Waals surface area contributed by atoms with Gasteiger partial charge in [0, 0.05) is 39.3 Å². The molecule has 0 bridgehead atoms. The first-order valence-corrected chi connectivity index (χ1v) is 6.12. The molecule has 1 aliphatic heterocycles. The fraction of sp³-hybridized carbons (Fsp3) is 0.583. The van der Waals surface area contributed by atoms with Gasteiger partial charge in [0.2, 0.25) is 11.8 Å². The Bertz CT molecular complexity index is 455. The molecule has 0 radical (unpaired) electrons. The van der Waals surface area contributed by atoms with Gasteiger partial charge in [-0.15, -0.1) is 0 Å². The Labute approximate surface area is 106 Å². The maximum absolute atomic E-state index is 12.0. The maximum atomic E-state index is 12.0. The highest BCUT2D eigenvalue weighted by Gasteiger charge is 2.27. The van der Waals surface area contributed by atoms with Gasteiger partial charge >= 0.3 is 0 Å². The van der Waals surface area contributed by atoms with Crippen molar-refractivity contribution in [2.75, 3.05) is 18.4 Å². The van der Waals surface area contributed by atoms with Crippen molar-refractivity contribution in [2.24, 2.45) is 13.0 Å². The number of aromatic nitrogens is 2. The van der Waals surface area contributed by atoms with Crippen LogP contribution >= 0.6 is 0 Å². The molecule has 2 amide bonds. The van der Waals surface area contributed by atoms with Crippen LogP contribution in [-0.2, 0) is 16.6 Å². The zero-order chi connectivity index (χ0) is 13.1. The van der Waals surface area contributed by atoms with E-state index in [0.29, 0.717) is 12.4 Å². The quantitative estimate of drug-likeness (QED) is 0.836. The summed E-state index contributed by atoms with van der Waals surface area (Å²) in [7, 11) is 1.80. The van der Waals surface area contributed by atoms with Gasteiger partial charge in [0.15, 0.2) is 5.82 Å². The predicted octanol–water partition coefficient (Wildman–Crippen LogP) is 0.617. The lowest BCUT2D eigenvalue weighted by Gasteiger charge is -2.31. The Balaban J connectivity index is 1.94.